The van der Waals surface area contributed by atoms with Crippen LogP contribution in [0.5, 0.6) is 0 Å². The van der Waals surface area contributed by atoms with Crippen molar-refractivity contribution < 1.29 is 4.79 Å². The summed E-state index contributed by atoms with van der Waals surface area (Å²) in [6.45, 7) is 7.85. The third-order valence-corrected chi connectivity index (χ3v) is 6.19. The van der Waals surface area contributed by atoms with E-state index in [1.165, 1.54) is 12.8 Å². The van der Waals surface area contributed by atoms with Crippen LogP contribution >= 0.6 is 0 Å². The second kappa shape index (κ2) is 9.23. The molecule has 27 heavy (non-hydrogen) atoms. The zero-order valence-corrected chi connectivity index (χ0v) is 16.7. The van der Waals surface area contributed by atoms with E-state index in [0.717, 1.165) is 62.6 Å². The van der Waals surface area contributed by atoms with E-state index in [1.807, 2.05) is 31.2 Å². The van der Waals surface area contributed by atoms with E-state index in [4.69, 9.17) is 0 Å². The van der Waals surface area contributed by atoms with Crippen molar-refractivity contribution in [3.8, 4) is 6.07 Å². The van der Waals surface area contributed by atoms with Gasteiger partial charge in [-0.2, -0.15) is 5.26 Å². The third-order valence-electron chi connectivity index (χ3n) is 6.19. The summed E-state index contributed by atoms with van der Waals surface area (Å²) in [5, 5.41) is 12.6. The first-order valence-corrected chi connectivity index (χ1v) is 10.4. The minimum absolute atomic E-state index is 0.101. The van der Waals surface area contributed by atoms with Crippen LogP contribution in [0.1, 0.15) is 51.5 Å². The Morgan fingerprint density at radius 1 is 1.15 bits per heavy atom. The molecule has 5 nitrogen and oxygen atoms in total. The SMILES string of the molecule is CC1CCC(NC(=O)C(C)N2CCCN(c3ccccc3C#N)CC2)CC1. The maximum atomic E-state index is 12.7. The predicted molar refractivity (Wildman–Crippen MR) is 109 cm³/mol. The molecule has 5 heteroatoms. The van der Waals surface area contributed by atoms with Crippen LogP contribution in [0, 0.1) is 17.2 Å². The number of para-hydroxylation sites is 1. The Kier molecular flexibility index (Phi) is 6.73. The Balaban J connectivity index is 1.55. The Hall–Kier alpha value is -2.06. The molecule has 1 saturated heterocycles. The largest absolute Gasteiger partial charge is 0.369 e. The van der Waals surface area contributed by atoms with Crippen LogP contribution in [-0.2, 0) is 4.79 Å². The van der Waals surface area contributed by atoms with E-state index in [9.17, 15) is 10.1 Å². The van der Waals surface area contributed by atoms with Gasteiger partial charge in [0.1, 0.15) is 6.07 Å². The standard InChI is InChI=1S/C22H32N4O/c1-17-8-10-20(11-9-17)24-22(27)18(2)25-12-5-13-26(15-14-25)21-7-4-3-6-19(21)16-23/h3-4,6-7,17-18,20H,5,8-15H2,1-2H3,(H,24,27). The molecule has 1 atom stereocenters. The topological polar surface area (TPSA) is 59.4 Å². The molecule has 0 aromatic heterocycles. The lowest BCUT2D eigenvalue weighted by Gasteiger charge is -2.31. The van der Waals surface area contributed by atoms with Crippen LogP contribution in [0.3, 0.4) is 0 Å². The van der Waals surface area contributed by atoms with Gasteiger partial charge in [0.15, 0.2) is 0 Å². The number of nitrogens with zero attached hydrogens (tertiary/aromatic N) is 3. The highest BCUT2D eigenvalue weighted by molar-refractivity contribution is 5.81. The molecule has 2 aliphatic rings. The minimum atomic E-state index is -0.101. The van der Waals surface area contributed by atoms with Crippen LogP contribution in [-0.4, -0.2) is 49.1 Å². The number of hydrogen-bond donors (Lipinski definition) is 1. The van der Waals surface area contributed by atoms with Crippen molar-refractivity contribution in [2.24, 2.45) is 5.92 Å². The van der Waals surface area contributed by atoms with Gasteiger partial charge in [-0.15, -0.1) is 0 Å². The number of anilines is 1. The first-order chi connectivity index (χ1) is 13.1. The third kappa shape index (κ3) is 5.01. The fourth-order valence-corrected chi connectivity index (χ4v) is 4.30. The number of nitrogens with one attached hydrogen (secondary N) is 1. The molecule has 1 amide bonds. The van der Waals surface area contributed by atoms with E-state index >= 15 is 0 Å². The summed E-state index contributed by atoms with van der Waals surface area (Å²) in [5.74, 6) is 0.962. The molecule has 146 valence electrons. The molecular weight excluding hydrogens is 336 g/mol. The van der Waals surface area contributed by atoms with Gasteiger partial charge in [0, 0.05) is 32.2 Å². The quantitative estimate of drug-likeness (QED) is 0.887. The smallest absolute Gasteiger partial charge is 0.237 e. The average molecular weight is 369 g/mol. The molecule has 0 radical (unpaired) electrons. The van der Waals surface area contributed by atoms with Gasteiger partial charge in [0.2, 0.25) is 5.91 Å². The summed E-state index contributed by atoms with van der Waals surface area (Å²) in [6, 6.07) is 10.3. The summed E-state index contributed by atoms with van der Waals surface area (Å²) in [4.78, 5) is 17.3. The molecule has 1 saturated carbocycles. The van der Waals surface area contributed by atoms with Crippen molar-refractivity contribution in [3.63, 3.8) is 0 Å². The van der Waals surface area contributed by atoms with Crippen LogP contribution in [0.4, 0.5) is 5.69 Å². The number of carbonyl (C=O) groups excluding carboxylic acids is 1. The molecule has 1 aromatic carbocycles. The van der Waals surface area contributed by atoms with Gasteiger partial charge in [-0.25, -0.2) is 0 Å². The zero-order chi connectivity index (χ0) is 19.2. The van der Waals surface area contributed by atoms with Crippen LogP contribution in [0.2, 0.25) is 0 Å². The van der Waals surface area contributed by atoms with Gasteiger partial charge in [-0.1, -0.05) is 19.1 Å². The second-order valence-electron chi connectivity index (χ2n) is 8.15. The maximum absolute atomic E-state index is 12.7. The monoisotopic (exact) mass is 368 g/mol. The number of benzene rings is 1. The van der Waals surface area contributed by atoms with Gasteiger partial charge in [-0.3, -0.25) is 9.69 Å². The van der Waals surface area contributed by atoms with Gasteiger partial charge in [0.05, 0.1) is 17.3 Å². The minimum Gasteiger partial charge on any atom is -0.369 e. The maximum Gasteiger partial charge on any atom is 0.237 e. The predicted octanol–water partition coefficient (Wildman–Crippen LogP) is 3.15. The molecule has 0 bridgehead atoms. The lowest BCUT2D eigenvalue weighted by Crippen LogP contribution is -2.49. The average Bonchev–Trinajstić information content (AvgIpc) is 2.95. The Labute approximate surface area is 163 Å². The van der Waals surface area contributed by atoms with Gasteiger partial charge >= 0.3 is 0 Å². The molecule has 1 heterocycles. The first-order valence-electron chi connectivity index (χ1n) is 10.4. The summed E-state index contributed by atoms with van der Waals surface area (Å²) < 4.78 is 0. The van der Waals surface area contributed by atoms with Crippen molar-refractivity contribution in [1.82, 2.24) is 10.2 Å². The molecule has 2 fully saturated rings. The lowest BCUT2D eigenvalue weighted by atomic mass is 9.87. The Bertz CT molecular complexity index is 675. The highest BCUT2D eigenvalue weighted by Gasteiger charge is 2.27. The highest BCUT2D eigenvalue weighted by atomic mass is 16.2. The van der Waals surface area contributed by atoms with Gasteiger partial charge < -0.3 is 10.2 Å². The van der Waals surface area contributed by atoms with Crippen molar-refractivity contribution in [3.05, 3.63) is 29.8 Å². The van der Waals surface area contributed by atoms with E-state index < -0.39 is 0 Å². The first kappa shape index (κ1) is 19.7. The van der Waals surface area contributed by atoms with Crippen molar-refractivity contribution in [2.45, 2.75) is 58.0 Å². The number of amides is 1. The normalized spacial score (nSPS) is 25.3. The Morgan fingerprint density at radius 3 is 2.63 bits per heavy atom. The molecule has 1 aromatic rings. The van der Waals surface area contributed by atoms with Crippen molar-refractivity contribution in [2.75, 3.05) is 31.1 Å². The second-order valence-corrected chi connectivity index (χ2v) is 8.15. The summed E-state index contributed by atoms with van der Waals surface area (Å²) in [5.41, 5.74) is 1.73. The van der Waals surface area contributed by atoms with Crippen molar-refractivity contribution in [1.29, 1.82) is 5.26 Å². The summed E-state index contributed by atoms with van der Waals surface area (Å²) >= 11 is 0. The number of nitriles is 1. The molecule has 1 aliphatic carbocycles. The number of carbonyl (C=O) groups is 1. The van der Waals surface area contributed by atoms with E-state index in [1.54, 1.807) is 0 Å². The fraction of sp³-hybridized carbons (Fsp3) is 0.636. The number of rotatable bonds is 4. The highest BCUT2D eigenvalue weighted by Crippen LogP contribution is 2.24. The van der Waals surface area contributed by atoms with Gasteiger partial charge in [0.25, 0.3) is 0 Å². The lowest BCUT2D eigenvalue weighted by molar-refractivity contribution is -0.126. The molecule has 0 spiro atoms. The van der Waals surface area contributed by atoms with E-state index in [-0.39, 0.29) is 11.9 Å². The molecule has 1 unspecified atom stereocenters. The molecular formula is C22H32N4O. The Morgan fingerprint density at radius 2 is 1.89 bits per heavy atom. The molecule has 1 aliphatic heterocycles. The van der Waals surface area contributed by atoms with Crippen LogP contribution < -0.4 is 10.2 Å². The van der Waals surface area contributed by atoms with E-state index in [0.29, 0.717) is 6.04 Å². The fourth-order valence-electron chi connectivity index (χ4n) is 4.30. The van der Waals surface area contributed by atoms with Crippen LogP contribution in [0.15, 0.2) is 24.3 Å². The molecule has 3 rings (SSSR count). The van der Waals surface area contributed by atoms with Gasteiger partial charge in [-0.05, 0) is 57.1 Å². The zero-order valence-electron chi connectivity index (χ0n) is 16.7. The summed E-state index contributed by atoms with van der Waals surface area (Å²) in [7, 11) is 0. The number of hydrogen-bond acceptors (Lipinski definition) is 4. The van der Waals surface area contributed by atoms with E-state index in [2.05, 4.69) is 28.1 Å². The molecule has 1 N–H and O–H groups in total. The van der Waals surface area contributed by atoms with Crippen molar-refractivity contribution >= 4 is 11.6 Å². The summed E-state index contributed by atoms with van der Waals surface area (Å²) in [6.07, 6.45) is 5.65. The van der Waals surface area contributed by atoms with Crippen LogP contribution in [0.25, 0.3) is 0 Å².